The van der Waals surface area contributed by atoms with E-state index in [-0.39, 0.29) is 17.6 Å². The predicted molar refractivity (Wildman–Crippen MR) is 98.8 cm³/mol. The molecule has 0 aromatic heterocycles. The second-order valence-corrected chi connectivity index (χ2v) is 9.00. The molecular weight excluding hydrogens is 320 g/mol. The molecule has 4 aliphatic carbocycles. The summed E-state index contributed by atoms with van der Waals surface area (Å²) in [6.45, 7) is 1.84. The van der Waals surface area contributed by atoms with Gasteiger partial charge in [-0.2, -0.15) is 0 Å². The fourth-order valence-corrected chi connectivity index (χ4v) is 6.29. The topological polar surface area (TPSA) is 56.4 Å². The maximum Gasteiger partial charge on any atom is 0.315 e. The molecule has 6 heteroatoms. The van der Waals surface area contributed by atoms with E-state index in [1.54, 1.807) is 0 Å². The van der Waals surface area contributed by atoms with Crippen LogP contribution >= 0.6 is 12.2 Å². The number of carbonyl (C=O) groups excluding carboxylic acids is 1. The third-order valence-electron chi connectivity index (χ3n) is 6.75. The Morgan fingerprint density at radius 2 is 1.58 bits per heavy atom. The molecule has 1 heterocycles. The molecule has 5 aliphatic rings. The SMILES string of the molecule is CNC(=S)N1CCC(NC(=O)NC23CC4CC(CC(C4)C2)C3)CC1. The van der Waals surface area contributed by atoms with Gasteiger partial charge in [0.1, 0.15) is 0 Å². The number of carbonyl (C=O) groups is 1. The first kappa shape index (κ1) is 16.4. The average molecular weight is 351 g/mol. The van der Waals surface area contributed by atoms with E-state index in [0.29, 0.717) is 0 Å². The van der Waals surface area contributed by atoms with Crippen LogP contribution in [0.2, 0.25) is 0 Å². The second-order valence-electron chi connectivity index (χ2n) is 8.61. The van der Waals surface area contributed by atoms with Gasteiger partial charge in [0, 0.05) is 31.7 Å². The van der Waals surface area contributed by atoms with Gasteiger partial charge in [-0.25, -0.2) is 4.79 Å². The molecular formula is C18H30N4OS. The zero-order chi connectivity index (χ0) is 16.7. The highest BCUT2D eigenvalue weighted by atomic mass is 32.1. The van der Waals surface area contributed by atoms with Crippen LogP contribution < -0.4 is 16.0 Å². The Bertz CT molecular complexity index is 480. The van der Waals surface area contributed by atoms with Crippen LogP contribution in [-0.2, 0) is 0 Å². The zero-order valence-electron chi connectivity index (χ0n) is 14.6. The normalized spacial score (nSPS) is 38.0. The summed E-state index contributed by atoms with van der Waals surface area (Å²) in [5.41, 5.74) is 0.104. The lowest BCUT2D eigenvalue weighted by molar-refractivity contribution is -0.0137. The first-order chi connectivity index (χ1) is 11.5. The predicted octanol–water partition coefficient (Wildman–Crippen LogP) is 2.22. The van der Waals surface area contributed by atoms with Crippen LogP contribution in [0.25, 0.3) is 0 Å². The minimum Gasteiger partial charge on any atom is -0.366 e. The fourth-order valence-electron chi connectivity index (χ4n) is 6.11. The molecule has 0 atom stereocenters. The van der Waals surface area contributed by atoms with Gasteiger partial charge in [-0.3, -0.25) is 0 Å². The van der Waals surface area contributed by atoms with E-state index in [0.717, 1.165) is 48.8 Å². The summed E-state index contributed by atoms with van der Waals surface area (Å²) in [4.78, 5) is 14.8. The van der Waals surface area contributed by atoms with Crippen molar-refractivity contribution in [3.63, 3.8) is 0 Å². The number of urea groups is 1. The van der Waals surface area contributed by atoms with E-state index in [9.17, 15) is 4.79 Å². The first-order valence-electron chi connectivity index (χ1n) is 9.60. The third-order valence-corrected chi connectivity index (χ3v) is 7.21. The van der Waals surface area contributed by atoms with E-state index in [2.05, 4.69) is 20.9 Å². The van der Waals surface area contributed by atoms with Crippen molar-refractivity contribution in [2.24, 2.45) is 17.8 Å². The van der Waals surface area contributed by atoms with E-state index in [1.165, 1.54) is 38.5 Å². The van der Waals surface area contributed by atoms with Crippen molar-refractivity contribution in [3.8, 4) is 0 Å². The van der Waals surface area contributed by atoms with Crippen LogP contribution in [0.3, 0.4) is 0 Å². The summed E-state index contributed by atoms with van der Waals surface area (Å²) in [7, 11) is 1.87. The van der Waals surface area contributed by atoms with Gasteiger partial charge in [0.15, 0.2) is 5.11 Å². The highest BCUT2D eigenvalue weighted by molar-refractivity contribution is 7.80. The van der Waals surface area contributed by atoms with E-state index in [4.69, 9.17) is 12.2 Å². The number of likely N-dealkylation sites (tertiary alicyclic amines) is 1. The molecule has 1 aliphatic heterocycles. The van der Waals surface area contributed by atoms with Crippen LogP contribution in [0.1, 0.15) is 51.4 Å². The van der Waals surface area contributed by atoms with E-state index >= 15 is 0 Å². The van der Waals surface area contributed by atoms with Crippen LogP contribution in [0.4, 0.5) is 4.79 Å². The third kappa shape index (κ3) is 3.22. The van der Waals surface area contributed by atoms with Gasteiger partial charge in [-0.15, -0.1) is 0 Å². The largest absolute Gasteiger partial charge is 0.366 e. The summed E-state index contributed by atoms with van der Waals surface area (Å²) >= 11 is 5.29. The van der Waals surface area contributed by atoms with Crippen molar-refractivity contribution in [1.29, 1.82) is 0 Å². The minimum absolute atomic E-state index is 0.0617. The second kappa shape index (κ2) is 6.36. The Morgan fingerprint density at radius 1 is 1.04 bits per heavy atom. The van der Waals surface area contributed by atoms with Gasteiger partial charge in [0.05, 0.1) is 0 Å². The highest BCUT2D eigenvalue weighted by Gasteiger charge is 2.51. The molecule has 2 amide bonds. The van der Waals surface area contributed by atoms with Gasteiger partial charge >= 0.3 is 6.03 Å². The minimum atomic E-state index is 0.0617. The maximum absolute atomic E-state index is 12.6. The molecule has 0 spiro atoms. The molecule has 0 radical (unpaired) electrons. The van der Waals surface area contributed by atoms with Crippen LogP contribution in [0.5, 0.6) is 0 Å². The van der Waals surface area contributed by atoms with E-state index < -0.39 is 0 Å². The molecule has 0 aromatic carbocycles. The van der Waals surface area contributed by atoms with Crippen molar-refractivity contribution in [3.05, 3.63) is 0 Å². The van der Waals surface area contributed by atoms with Crippen LogP contribution in [0, 0.1) is 17.8 Å². The number of piperidine rings is 1. The molecule has 0 unspecified atom stereocenters. The number of thiocarbonyl (C=S) groups is 1. The molecule has 134 valence electrons. The number of amides is 2. The van der Waals surface area contributed by atoms with Crippen molar-refractivity contribution >= 4 is 23.4 Å². The Morgan fingerprint density at radius 3 is 2.08 bits per heavy atom. The molecule has 5 fully saturated rings. The number of hydrogen-bond donors (Lipinski definition) is 3. The lowest BCUT2D eigenvalue weighted by Gasteiger charge is -2.56. The zero-order valence-corrected chi connectivity index (χ0v) is 15.5. The monoisotopic (exact) mass is 350 g/mol. The number of nitrogens with one attached hydrogen (secondary N) is 3. The Labute approximate surface area is 150 Å². The van der Waals surface area contributed by atoms with Crippen molar-refractivity contribution < 1.29 is 4.79 Å². The van der Waals surface area contributed by atoms with Gasteiger partial charge in [-0.05, 0) is 81.3 Å². The van der Waals surface area contributed by atoms with Crippen molar-refractivity contribution in [1.82, 2.24) is 20.9 Å². The molecule has 1 saturated heterocycles. The molecule has 4 saturated carbocycles. The number of hydrogen-bond acceptors (Lipinski definition) is 2. The standard InChI is InChI=1S/C18H30N4OS/c1-19-17(24)22-4-2-15(3-5-22)20-16(23)21-18-9-12-6-13(10-18)8-14(7-12)11-18/h12-15H,2-11H2,1H3,(H,19,24)(H2,20,21,23). The molecule has 3 N–H and O–H groups in total. The number of rotatable bonds is 2. The van der Waals surface area contributed by atoms with E-state index in [1.807, 2.05) is 7.05 Å². The Kier molecular flexibility index (Phi) is 4.35. The maximum atomic E-state index is 12.6. The van der Waals surface area contributed by atoms with Crippen molar-refractivity contribution in [2.45, 2.75) is 62.9 Å². The fraction of sp³-hybridized carbons (Fsp3) is 0.889. The summed E-state index contributed by atoms with van der Waals surface area (Å²) in [6, 6.07) is 0.335. The lowest BCUT2D eigenvalue weighted by Crippen LogP contribution is -2.62. The average Bonchev–Trinajstić information content (AvgIpc) is 2.53. The van der Waals surface area contributed by atoms with Crippen LogP contribution in [0.15, 0.2) is 0 Å². The van der Waals surface area contributed by atoms with Crippen LogP contribution in [-0.4, -0.2) is 47.8 Å². The lowest BCUT2D eigenvalue weighted by atomic mass is 9.53. The summed E-state index contributed by atoms with van der Waals surface area (Å²) in [5, 5.41) is 10.5. The van der Waals surface area contributed by atoms with Gasteiger partial charge in [-0.1, -0.05) is 0 Å². The summed E-state index contributed by atoms with van der Waals surface area (Å²) < 4.78 is 0. The Hall–Kier alpha value is -1.04. The molecule has 0 aromatic rings. The number of nitrogens with zero attached hydrogens (tertiary/aromatic N) is 1. The van der Waals surface area contributed by atoms with Gasteiger partial charge in [0.2, 0.25) is 0 Å². The first-order valence-corrected chi connectivity index (χ1v) is 10.0. The molecule has 5 rings (SSSR count). The summed E-state index contributed by atoms with van der Waals surface area (Å²) in [6.07, 6.45) is 9.79. The van der Waals surface area contributed by atoms with Gasteiger partial charge in [0.25, 0.3) is 0 Å². The molecule has 24 heavy (non-hydrogen) atoms. The quantitative estimate of drug-likeness (QED) is 0.669. The molecule has 5 nitrogen and oxygen atoms in total. The Balaban J connectivity index is 1.28. The smallest absolute Gasteiger partial charge is 0.315 e. The summed E-state index contributed by atoms with van der Waals surface area (Å²) in [5.74, 6) is 2.59. The highest BCUT2D eigenvalue weighted by Crippen LogP contribution is 2.55. The van der Waals surface area contributed by atoms with Crippen molar-refractivity contribution in [2.75, 3.05) is 20.1 Å². The van der Waals surface area contributed by atoms with Gasteiger partial charge < -0.3 is 20.9 Å². The molecule has 4 bridgehead atoms.